The van der Waals surface area contributed by atoms with E-state index >= 15 is 0 Å². The van der Waals surface area contributed by atoms with Crippen molar-refractivity contribution in [3.05, 3.63) is 23.8 Å². The maximum atomic E-state index is 9.86. The summed E-state index contributed by atoms with van der Waals surface area (Å²) in [6, 6.07) is 0. The summed E-state index contributed by atoms with van der Waals surface area (Å²) in [5.41, 5.74) is 0.851. The number of nitrogens with one attached hydrogen (secondary N) is 1. The normalized spacial score (nSPS) is 10.5. The van der Waals surface area contributed by atoms with Crippen molar-refractivity contribution >= 4 is 12.4 Å². The number of imidazole rings is 1. The van der Waals surface area contributed by atoms with Crippen molar-refractivity contribution in [3.63, 3.8) is 0 Å². The Morgan fingerprint density at radius 2 is 2.50 bits per heavy atom. The smallest absolute Gasteiger partial charge is 0.142 e. The van der Waals surface area contributed by atoms with Crippen LogP contribution in [0.4, 0.5) is 0 Å². The largest absolute Gasteiger partial charge is 0.343 e. The van der Waals surface area contributed by atoms with Crippen LogP contribution in [0.5, 0.6) is 0 Å². The Bertz CT molecular complexity index is 250. The Balaban J connectivity index is 2.75. The van der Waals surface area contributed by atoms with Crippen LogP contribution >= 0.6 is 0 Å². The lowest BCUT2D eigenvalue weighted by Gasteiger charge is -1.79. The van der Waals surface area contributed by atoms with Crippen molar-refractivity contribution in [2.45, 2.75) is 6.92 Å². The molecule has 3 heteroatoms. The van der Waals surface area contributed by atoms with E-state index in [0.29, 0.717) is 0 Å². The topological polar surface area (TPSA) is 45.8 Å². The minimum absolute atomic E-state index is 0.732. The van der Waals surface area contributed by atoms with Crippen molar-refractivity contribution in [1.82, 2.24) is 9.97 Å². The lowest BCUT2D eigenvalue weighted by Crippen LogP contribution is -1.72. The molecule has 1 heterocycles. The zero-order valence-electron chi connectivity index (χ0n) is 5.66. The SMILES string of the molecule is Cc1ncc(/C=C/C=O)[nH]1. The van der Waals surface area contributed by atoms with Gasteiger partial charge < -0.3 is 4.98 Å². The van der Waals surface area contributed by atoms with Gasteiger partial charge in [-0.2, -0.15) is 0 Å². The van der Waals surface area contributed by atoms with Crippen molar-refractivity contribution in [2.24, 2.45) is 0 Å². The fourth-order valence-corrected chi connectivity index (χ4v) is 0.667. The van der Waals surface area contributed by atoms with Crippen LogP contribution in [0.2, 0.25) is 0 Å². The van der Waals surface area contributed by atoms with E-state index in [4.69, 9.17) is 0 Å². The van der Waals surface area contributed by atoms with Crippen LogP contribution in [0.1, 0.15) is 11.5 Å². The Hall–Kier alpha value is -1.38. The van der Waals surface area contributed by atoms with Gasteiger partial charge in [-0.05, 0) is 19.1 Å². The number of aryl methyl sites for hydroxylation is 1. The van der Waals surface area contributed by atoms with E-state index in [9.17, 15) is 4.79 Å². The average molecular weight is 136 g/mol. The summed E-state index contributed by atoms with van der Waals surface area (Å²) in [6.45, 7) is 1.86. The third kappa shape index (κ3) is 1.55. The van der Waals surface area contributed by atoms with E-state index in [2.05, 4.69) is 9.97 Å². The number of carbonyl (C=O) groups is 1. The van der Waals surface area contributed by atoms with Crippen LogP contribution in [0, 0.1) is 6.92 Å². The molecule has 0 spiro atoms. The number of rotatable bonds is 2. The Morgan fingerprint density at radius 1 is 1.70 bits per heavy atom. The predicted octanol–water partition coefficient (Wildman–Crippen LogP) is 0.930. The first kappa shape index (κ1) is 6.74. The number of aromatic amines is 1. The molecule has 10 heavy (non-hydrogen) atoms. The highest BCUT2D eigenvalue weighted by Crippen LogP contribution is 1.96. The molecule has 0 radical (unpaired) electrons. The molecular formula is C7H8N2O. The highest BCUT2D eigenvalue weighted by atomic mass is 16.1. The molecule has 52 valence electrons. The molecule has 0 unspecified atom stereocenters. The van der Waals surface area contributed by atoms with Gasteiger partial charge in [-0.1, -0.05) is 0 Å². The van der Waals surface area contributed by atoms with Gasteiger partial charge in [-0.25, -0.2) is 4.98 Å². The second kappa shape index (κ2) is 2.96. The van der Waals surface area contributed by atoms with Crippen LogP contribution in [-0.2, 0) is 4.79 Å². The van der Waals surface area contributed by atoms with Crippen molar-refractivity contribution in [1.29, 1.82) is 0 Å². The molecule has 1 rings (SSSR count). The summed E-state index contributed by atoms with van der Waals surface area (Å²) in [4.78, 5) is 16.8. The zero-order chi connectivity index (χ0) is 7.40. The zero-order valence-corrected chi connectivity index (χ0v) is 5.66. The van der Waals surface area contributed by atoms with E-state index in [1.54, 1.807) is 12.3 Å². The highest BCUT2D eigenvalue weighted by Gasteiger charge is 1.88. The summed E-state index contributed by atoms with van der Waals surface area (Å²) in [7, 11) is 0. The van der Waals surface area contributed by atoms with E-state index in [-0.39, 0.29) is 0 Å². The second-order valence-electron chi connectivity index (χ2n) is 1.92. The molecular weight excluding hydrogens is 128 g/mol. The number of H-pyrrole nitrogens is 1. The van der Waals surface area contributed by atoms with Crippen molar-refractivity contribution in [2.75, 3.05) is 0 Å². The number of aromatic nitrogens is 2. The first-order valence-corrected chi connectivity index (χ1v) is 2.96. The maximum absolute atomic E-state index is 9.86. The number of hydrogen-bond acceptors (Lipinski definition) is 2. The van der Waals surface area contributed by atoms with Crippen molar-refractivity contribution < 1.29 is 4.79 Å². The molecule has 0 saturated carbocycles. The molecule has 3 nitrogen and oxygen atoms in total. The molecule has 0 amide bonds. The highest BCUT2D eigenvalue weighted by molar-refractivity contribution is 5.72. The molecule has 0 saturated heterocycles. The summed E-state index contributed by atoms with van der Waals surface area (Å²) in [6.07, 6.45) is 5.51. The lowest BCUT2D eigenvalue weighted by molar-refractivity contribution is -0.104. The molecule has 0 bridgehead atoms. The summed E-state index contributed by atoms with van der Waals surface area (Å²) >= 11 is 0. The van der Waals surface area contributed by atoms with Gasteiger partial charge in [0.15, 0.2) is 0 Å². The van der Waals surface area contributed by atoms with Crippen LogP contribution < -0.4 is 0 Å². The fourth-order valence-electron chi connectivity index (χ4n) is 0.667. The van der Waals surface area contributed by atoms with Gasteiger partial charge in [-0.3, -0.25) is 4.79 Å². The summed E-state index contributed by atoms with van der Waals surface area (Å²) in [5, 5.41) is 0. The number of allylic oxidation sites excluding steroid dienone is 1. The summed E-state index contributed by atoms with van der Waals surface area (Å²) in [5.74, 6) is 0.852. The quantitative estimate of drug-likeness (QED) is 0.485. The van der Waals surface area contributed by atoms with Crippen LogP contribution in [0.25, 0.3) is 6.08 Å². The van der Waals surface area contributed by atoms with Crippen LogP contribution in [0.3, 0.4) is 0 Å². The third-order valence-electron chi connectivity index (χ3n) is 1.08. The first-order valence-electron chi connectivity index (χ1n) is 2.96. The molecule has 0 atom stereocenters. The Morgan fingerprint density at radius 3 is 3.00 bits per heavy atom. The minimum atomic E-state index is 0.732. The molecule has 0 aromatic carbocycles. The number of nitrogens with zero attached hydrogens (tertiary/aromatic N) is 1. The standard InChI is InChI=1S/C7H8N2O/c1-6-8-5-7(9-6)3-2-4-10/h2-5H,1H3,(H,8,9)/b3-2+. The number of carbonyl (C=O) groups excluding carboxylic acids is 1. The van der Waals surface area contributed by atoms with Crippen LogP contribution in [0.15, 0.2) is 12.3 Å². The fraction of sp³-hybridized carbons (Fsp3) is 0.143. The Labute approximate surface area is 58.8 Å². The molecule has 1 aromatic heterocycles. The van der Waals surface area contributed by atoms with E-state index < -0.39 is 0 Å². The van der Waals surface area contributed by atoms with E-state index in [1.807, 2.05) is 6.92 Å². The average Bonchev–Trinajstić information content (AvgIpc) is 2.31. The first-order chi connectivity index (χ1) is 4.83. The monoisotopic (exact) mass is 136 g/mol. The van der Waals surface area contributed by atoms with Crippen LogP contribution in [-0.4, -0.2) is 16.3 Å². The van der Waals surface area contributed by atoms with Gasteiger partial charge in [0.05, 0.1) is 11.9 Å². The maximum Gasteiger partial charge on any atom is 0.142 e. The third-order valence-corrected chi connectivity index (χ3v) is 1.08. The molecule has 0 fully saturated rings. The molecule has 0 aliphatic carbocycles. The Kier molecular flexibility index (Phi) is 1.99. The van der Waals surface area contributed by atoms with Crippen molar-refractivity contribution in [3.8, 4) is 0 Å². The van der Waals surface area contributed by atoms with Gasteiger partial charge >= 0.3 is 0 Å². The van der Waals surface area contributed by atoms with Gasteiger partial charge in [-0.15, -0.1) is 0 Å². The van der Waals surface area contributed by atoms with Gasteiger partial charge in [0.2, 0.25) is 0 Å². The summed E-state index contributed by atoms with van der Waals surface area (Å²) < 4.78 is 0. The van der Waals surface area contributed by atoms with E-state index in [1.165, 1.54) is 6.08 Å². The van der Waals surface area contributed by atoms with Gasteiger partial charge in [0, 0.05) is 0 Å². The minimum Gasteiger partial charge on any atom is -0.343 e. The molecule has 1 N–H and O–H groups in total. The molecule has 0 aliphatic rings. The van der Waals surface area contributed by atoms with Gasteiger partial charge in [0.25, 0.3) is 0 Å². The lowest BCUT2D eigenvalue weighted by atomic mass is 10.4. The van der Waals surface area contributed by atoms with Gasteiger partial charge in [0.1, 0.15) is 12.1 Å². The number of aldehydes is 1. The predicted molar refractivity (Wildman–Crippen MR) is 38.4 cm³/mol. The molecule has 1 aromatic rings. The molecule has 0 aliphatic heterocycles. The van der Waals surface area contributed by atoms with E-state index in [0.717, 1.165) is 17.8 Å². The number of hydrogen-bond donors (Lipinski definition) is 1. The second-order valence-corrected chi connectivity index (χ2v) is 1.92.